The summed E-state index contributed by atoms with van der Waals surface area (Å²) in [5, 5.41) is 2.83. The van der Waals surface area contributed by atoms with E-state index in [-0.39, 0.29) is 36.6 Å². The summed E-state index contributed by atoms with van der Waals surface area (Å²) in [5.74, 6) is -0.0636. The van der Waals surface area contributed by atoms with Crippen molar-refractivity contribution in [3.63, 3.8) is 0 Å². The lowest BCUT2D eigenvalue weighted by Crippen LogP contribution is -2.38. The summed E-state index contributed by atoms with van der Waals surface area (Å²) < 4.78 is 0. The largest absolute Gasteiger partial charge is 0.351 e. The Labute approximate surface area is 126 Å². The van der Waals surface area contributed by atoms with Crippen molar-refractivity contribution >= 4 is 17.7 Å². The highest BCUT2D eigenvalue weighted by atomic mass is 16.2. The van der Waals surface area contributed by atoms with Gasteiger partial charge in [0.1, 0.15) is 0 Å². The SMILES string of the molecule is CCCN(CCC)C(=O)CCC(=O)NC1CC(=O)N(C)C1. The zero-order valence-corrected chi connectivity index (χ0v) is 13.4. The van der Waals surface area contributed by atoms with Crippen LogP contribution in [-0.2, 0) is 14.4 Å². The monoisotopic (exact) mass is 297 g/mol. The fourth-order valence-corrected chi connectivity index (χ4v) is 2.54. The van der Waals surface area contributed by atoms with E-state index in [4.69, 9.17) is 0 Å². The fourth-order valence-electron chi connectivity index (χ4n) is 2.54. The first-order valence-corrected chi connectivity index (χ1v) is 7.79. The van der Waals surface area contributed by atoms with E-state index in [1.165, 1.54) is 0 Å². The second-order valence-corrected chi connectivity index (χ2v) is 5.62. The van der Waals surface area contributed by atoms with Crippen molar-refractivity contribution in [1.29, 1.82) is 0 Å². The van der Waals surface area contributed by atoms with Crippen LogP contribution in [0.3, 0.4) is 0 Å². The normalized spacial score (nSPS) is 18.0. The maximum absolute atomic E-state index is 12.1. The van der Waals surface area contributed by atoms with Gasteiger partial charge in [0, 0.05) is 45.9 Å². The van der Waals surface area contributed by atoms with E-state index in [1.807, 2.05) is 18.7 Å². The Morgan fingerprint density at radius 2 is 1.86 bits per heavy atom. The van der Waals surface area contributed by atoms with Crippen LogP contribution in [-0.4, -0.2) is 60.2 Å². The molecule has 0 bridgehead atoms. The molecular weight excluding hydrogens is 270 g/mol. The van der Waals surface area contributed by atoms with Crippen molar-refractivity contribution < 1.29 is 14.4 Å². The Morgan fingerprint density at radius 3 is 2.33 bits per heavy atom. The molecule has 1 heterocycles. The molecule has 120 valence electrons. The van der Waals surface area contributed by atoms with Gasteiger partial charge in [-0.25, -0.2) is 0 Å². The molecule has 1 rings (SSSR count). The number of likely N-dealkylation sites (tertiary alicyclic amines) is 1. The maximum Gasteiger partial charge on any atom is 0.224 e. The van der Waals surface area contributed by atoms with Crippen LogP contribution in [0.4, 0.5) is 0 Å². The molecule has 1 N–H and O–H groups in total. The predicted molar refractivity (Wildman–Crippen MR) is 80.6 cm³/mol. The Balaban J connectivity index is 2.31. The number of hydrogen-bond acceptors (Lipinski definition) is 3. The van der Waals surface area contributed by atoms with Gasteiger partial charge in [-0.05, 0) is 12.8 Å². The van der Waals surface area contributed by atoms with E-state index in [0.29, 0.717) is 13.0 Å². The van der Waals surface area contributed by atoms with Crippen LogP contribution in [0, 0.1) is 0 Å². The van der Waals surface area contributed by atoms with E-state index in [0.717, 1.165) is 25.9 Å². The molecule has 0 radical (unpaired) electrons. The molecule has 1 aliphatic heterocycles. The first-order valence-electron chi connectivity index (χ1n) is 7.79. The number of nitrogens with one attached hydrogen (secondary N) is 1. The highest BCUT2D eigenvalue weighted by Gasteiger charge is 2.27. The van der Waals surface area contributed by atoms with Gasteiger partial charge in [-0.1, -0.05) is 13.8 Å². The lowest BCUT2D eigenvalue weighted by atomic mass is 10.2. The number of hydrogen-bond donors (Lipinski definition) is 1. The second kappa shape index (κ2) is 8.64. The fraction of sp³-hybridized carbons (Fsp3) is 0.800. The molecule has 1 atom stereocenters. The van der Waals surface area contributed by atoms with Crippen LogP contribution in [0.2, 0.25) is 0 Å². The third-order valence-electron chi connectivity index (χ3n) is 3.61. The van der Waals surface area contributed by atoms with Gasteiger partial charge in [0.25, 0.3) is 0 Å². The number of rotatable bonds is 8. The zero-order chi connectivity index (χ0) is 15.8. The smallest absolute Gasteiger partial charge is 0.224 e. The van der Waals surface area contributed by atoms with Crippen LogP contribution >= 0.6 is 0 Å². The number of nitrogens with zero attached hydrogens (tertiary/aromatic N) is 2. The van der Waals surface area contributed by atoms with Crippen molar-refractivity contribution in [2.75, 3.05) is 26.7 Å². The molecule has 3 amide bonds. The van der Waals surface area contributed by atoms with Gasteiger partial charge < -0.3 is 15.1 Å². The Bertz CT molecular complexity index is 378. The molecule has 0 aromatic heterocycles. The number of likely N-dealkylation sites (N-methyl/N-ethyl adjacent to an activating group) is 1. The van der Waals surface area contributed by atoms with Crippen molar-refractivity contribution in [2.24, 2.45) is 0 Å². The van der Waals surface area contributed by atoms with Crippen LogP contribution < -0.4 is 5.32 Å². The van der Waals surface area contributed by atoms with Crippen molar-refractivity contribution in [3.05, 3.63) is 0 Å². The highest BCUT2D eigenvalue weighted by molar-refractivity contribution is 5.85. The maximum atomic E-state index is 12.1. The zero-order valence-electron chi connectivity index (χ0n) is 13.4. The molecule has 0 aromatic rings. The van der Waals surface area contributed by atoms with E-state index in [2.05, 4.69) is 5.32 Å². The molecule has 1 unspecified atom stereocenters. The molecular formula is C15H27N3O3. The van der Waals surface area contributed by atoms with Crippen molar-refractivity contribution in [1.82, 2.24) is 15.1 Å². The average molecular weight is 297 g/mol. The Kier molecular flexibility index (Phi) is 7.19. The van der Waals surface area contributed by atoms with Gasteiger partial charge in [-0.15, -0.1) is 0 Å². The van der Waals surface area contributed by atoms with Crippen LogP contribution in [0.25, 0.3) is 0 Å². The molecule has 6 nitrogen and oxygen atoms in total. The Morgan fingerprint density at radius 1 is 1.24 bits per heavy atom. The molecule has 0 saturated carbocycles. The summed E-state index contributed by atoms with van der Waals surface area (Å²) in [7, 11) is 1.73. The number of carbonyl (C=O) groups is 3. The minimum atomic E-state index is -0.149. The summed E-state index contributed by atoms with van der Waals surface area (Å²) in [6, 6.07) is -0.118. The molecule has 0 aromatic carbocycles. The van der Waals surface area contributed by atoms with Gasteiger partial charge in [0.05, 0.1) is 6.04 Å². The van der Waals surface area contributed by atoms with Gasteiger partial charge >= 0.3 is 0 Å². The van der Waals surface area contributed by atoms with Crippen molar-refractivity contribution in [3.8, 4) is 0 Å². The van der Waals surface area contributed by atoms with Gasteiger partial charge in [-0.3, -0.25) is 14.4 Å². The molecule has 1 aliphatic rings. The molecule has 21 heavy (non-hydrogen) atoms. The third kappa shape index (κ3) is 5.73. The van der Waals surface area contributed by atoms with Crippen LogP contribution in [0.5, 0.6) is 0 Å². The van der Waals surface area contributed by atoms with Gasteiger partial charge in [-0.2, -0.15) is 0 Å². The van der Waals surface area contributed by atoms with E-state index >= 15 is 0 Å². The summed E-state index contributed by atoms with van der Waals surface area (Å²) >= 11 is 0. The molecule has 1 saturated heterocycles. The minimum Gasteiger partial charge on any atom is -0.351 e. The van der Waals surface area contributed by atoms with E-state index in [1.54, 1.807) is 11.9 Å². The number of amides is 3. The summed E-state index contributed by atoms with van der Waals surface area (Å²) in [4.78, 5) is 38.7. The van der Waals surface area contributed by atoms with Crippen LogP contribution in [0.15, 0.2) is 0 Å². The third-order valence-corrected chi connectivity index (χ3v) is 3.61. The predicted octanol–water partition coefficient (Wildman–Crippen LogP) is 0.762. The second-order valence-electron chi connectivity index (χ2n) is 5.62. The summed E-state index contributed by atoms with van der Waals surface area (Å²) in [6.45, 7) is 6.12. The molecule has 0 spiro atoms. The minimum absolute atomic E-state index is 0.0356. The van der Waals surface area contributed by atoms with Crippen LogP contribution in [0.1, 0.15) is 46.0 Å². The van der Waals surface area contributed by atoms with Gasteiger partial charge in [0.15, 0.2) is 0 Å². The van der Waals surface area contributed by atoms with E-state index < -0.39 is 0 Å². The first-order chi connectivity index (χ1) is 9.97. The molecule has 1 fully saturated rings. The van der Waals surface area contributed by atoms with Crippen molar-refractivity contribution in [2.45, 2.75) is 52.0 Å². The molecule has 0 aliphatic carbocycles. The topological polar surface area (TPSA) is 69.7 Å². The first kappa shape index (κ1) is 17.5. The number of carbonyl (C=O) groups excluding carboxylic acids is 3. The van der Waals surface area contributed by atoms with Gasteiger partial charge in [0.2, 0.25) is 17.7 Å². The molecule has 6 heteroatoms. The lowest BCUT2D eigenvalue weighted by Gasteiger charge is -2.21. The lowest BCUT2D eigenvalue weighted by molar-refractivity contribution is -0.133. The quantitative estimate of drug-likeness (QED) is 0.719. The standard InChI is InChI=1S/C15H27N3O3/c1-4-8-18(9-5-2)14(20)7-6-13(19)16-12-10-15(21)17(3)11-12/h12H,4-11H2,1-3H3,(H,16,19). The highest BCUT2D eigenvalue weighted by Crippen LogP contribution is 2.09. The average Bonchev–Trinajstić information content (AvgIpc) is 2.74. The van der Waals surface area contributed by atoms with E-state index in [9.17, 15) is 14.4 Å². The Hall–Kier alpha value is -1.59. The summed E-state index contributed by atoms with van der Waals surface area (Å²) in [6.07, 6.45) is 2.64. The summed E-state index contributed by atoms with van der Waals surface area (Å²) in [5.41, 5.74) is 0.